The van der Waals surface area contributed by atoms with Crippen LogP contribution < -0.4 is 60.2 Å². The van der Waals surface area contributed by atoms with Crippen molar-refractivity contribution < 1.29 is 55.1 Å². The second-order valence-corrected chi connectivity index (χ2v) is 18.1. The normalized spacial score (nSPS) is 15.0. The van der Waals surface area contributed by atoms with Gasteiger partial charge < -0.3 is 37.6 Å². The van der Waals surface area contributed by atoms with Gasteiger partial charge in [-0.3, -0.25) is 0 Å². The third kappa shape index (κ3) is 6.17. The van der Waals surface area contributed by atoms with Crippen molar-refractivity contribution in [1.29, 1.82) is 0 Å². The first-order chi connectivity index (χ1) is 26.9. The number of hydrogen-bond acceptors (Lipinski definition) is 8. The van der Waals surface area contributed by atoms with Gasteiger partial charge in [0.15, 0.2) is 37.3 Å². The molecule has 8 nitrogen and oxygen atoms in total. The lowest BCUT2D eigenvalue weighted by molar-refractivity contribution is -0.288. The first-order valence-corrected chi connectivity index (χ1v) is 21.0. The topological polar surface area (TPSA) is 89.5 Å². The molecule has 0 unspecified atom stereocenters. The molecule has 0 radical (unpaired) electrons. The molecule has 0 amide bonds. The Morgan fingerprint density at radius 3 is 1.34 bits per heavy atom. The SMILES string of the molecule is CCOc1cc(P(=O)(c2ccccc2)c2ccccc2)c(-c2cc(P(=O)(c3ccccc3)c3ccccc3)c(OCC)c3c2OC(F)(F)O3)c2c1OC(F)(F)O2. The van der Waals surface area contributed by atoms with Crippen molar-refractivity contribution in [2.45, 2.75) is 26.4 Å². The van der Waals surface area contributed by atoms with Gasteiger partial charge in [-0.2, -0.15) is 0 Å². The van der Waals surface area contributed by atoms with Gasteiger partial charge in [-0.05, 0) is 26.0 Å². The first kappa shape index (κ1) is 37.2. The Morgan fingerprint density at radius 2 is 0.893 bits per heavy atom. The Morgan fingerprint density at radius 1 is 0.500 bits per heavy atom. The van der Waals surface area contributed by atoms with Gasteiger partial charge in [-0.25, -0.2) is 0 Å². The van der Waals surface area contributed by atoms with Crippen LogP contribution in [0, 0.1) is 0 Å². The molecular weight excluding hydrogens is 770 g/mol. The van der Waals surface area contributed by atoms with Crippen LogP contribution >= 0.6 is 14.3 Å². The zero-order chi connectivity index (χ0) is 39.3. The van der Waals surface area contributed by atoms with Crippen LogP contribution in [0.1, 0.15) is 13.8 Å². The predicted molar refractivity (Wildman–Crippen MR) is 205 cm³/mol. The molecule has 14 heteroatoms. The fourth-order valence-electron chi connectivity index (χ4n) is 7.00. The summed E-state index contributed by atoms with van der Waals surface area (Å²) in [6.45, 7) is 3.12. The Labute approximate surface area is 319 Å². The molecule has 0 bridgehead atoms. The number of rotatable bonds is 11. The van der Waals surface area contributed by atoms with E-state index in [1.54, 1.807) is 135 Å². The minimum absolute atomic E-state index is 0.0236. The minimum atomic E-state index is -4.30. The van der Waals surface area contributed by atoms with Crippen molar-refractivity contribution in [3.05, 3.63) is 133 Å². The van der Waals surface area contributed by atoms with E-state index >= 15 is 26.7 Å². The van der Waals surface area contributed by atoms with Crippen molar-refractivity contribution >= 4 is 46.1 Å². The lowest BCUT2D eigenvalue weighted by atomic mass is 10.0. The van der Waals surface area contributed by atoms with E-state index in [0.717, 1.165) is 0 Å². The smallest absolute Gasteiger partial charge is 0.490 e. The molecule has 0 spiro atoms. The third-order valence-corrected chi connectivity index (χ3v) is 15.4. The predicted octanol–water partition coefficient (Wildman–Crippen LogP) is 8.07. The van der Waals surface area contributed by atoms with Gasteiger partial charge in [0.25, 0.3) is 0 Å². The summed E-state index contributed by atoms with van der Waals surface area (Å²) in [5.74, 6) is -3.12. The van der Waals surface area contributed by atoms with E-state index in [9.17, 15) is 0 Å². The van der Waals surface area contributed by atoms with Crippen molar-refractivity contribution in [3.8, 4) is 45.6 Å². The van der Waals surface area contributed by atoms with Crippen molar-refractivity contribution in [3.63, 3.8) is 0 Å². The summed E-state index contributed by atoms with van der Waals surface area (Å²) in [4.78, 5) is 0. The number of alkyl halides is 4. The Kier molecular flexibility index (Phi) is 9.38. The van der Waals surface area contributed by atoms with E-state index in [-0.39, 0.29) is 57.1 Å². The van der Waals surface area contributed by atoms with Gasteiger partial charge >= 0.3 is 12.6 Å². The van der Waals surface area contributed by atoms with Crippen LogP contribution in [0.4, 0.5) is 17.6 Å². The van der Waals surface area contributed by atoms with Crippen LogP contribution in [0.2, 0.25) is 0 Å². The Balaban J connectivity index is 1.57. The third-order valence-electron chi connectivity index (χ3n) is 9.25. The molecule has 0 saturated carbocycles. The van der Waals surface area contributed by atoms with Crippen LogP contribution in [0.25, 0.3) is 11.1 Å². The molecule has 0 atom stereocenters. The molecule has 6 aromatic carbocycles. The van der Waals surface area contributed by atoms with Gasteiger partial charge in [0, 0.05) is 37.6 Å². The second-order valence-electron chi connectivity index (χ2n) is 12.6. The highest BCUT2D eigenvalue weighted by atomic mass is 31.2. The van der Waals surface area contributed by atoms with Gasteiger partial charge in [-0.15, -0.1) is 17.6 Å². The second kappa shape index (κ2) is 14.1. The fourth-order valence-corrected chi connectivity index (χ4v) is 12.7. The molecule has 0 aromatic heterocycles. The quantitative estimate of drug-likeness (QED) is 0.0961. The maximum absolute atomic E-state index is 16.2. The van der Waals surface area contributed by atoms with Gasteiger partial charge in [-0.1, -0.05) is 121 Å². The van der Waals surface area contributed by atoms with Crippen LogP contribution in [0.15, 0.2) is 133 Å². The molecule has 0 aliphatic carbocycles. The first-order valence-electron chi connectivity index (χ1n) is 17.5. The summed E-state index contributed by atoms with van der Waals surface area (Å²) in [7, 11) is -8.32. The van der Waals surface area contributed by atoms with E-state index < -0.39 is 49.9 Å². The van der Waals surface area contributed by atoms with Crippen LogP contribution in [0.3, 0.4) is 0 Å². The fraction of sp³-hybridized carbons (Fsp3) is 0.143. The van der Waals surface area contributed by atoms with E-state index in [0.29, 0.717) is 10.6 Å². The van der Waals surface area contributed by atoms with Crippen LogP contribution in [-0.4, -0.2) is 25.8 Å². The molecule has 286 valence electrons. The zero-order valence-electron chi connectivity index (χ0n) is 29.8. The summed E-state index contributed by atoms with van der Waals surface area (Å²) in [6.07, 6.45) is -8.57. The average Bonchev–Trinajstić information content (AvgIpc) is 3.73. The highest BCUT2D eigenvalue weighted by Gasteiger charge is 2.53. The maximum atomic E-state index is 16.2. The largest absolute Gasteiger partial charge is 0.586 e. The van der Waals surface area contributed by atoms with E-state index in [1.807, 2.05) is 0 Å². The molecule has 0 saturated heterocycles. The lowest BCUT2D eigenvalue weighted by Gasteiger charge is -2.27. The zero-order valence-corrected chi connectivity index (χ0v) is 31.6. The van der Waals surface area contributed by atoms with Gasteiger partial charge in [0.05, 0.1) is 18.5 Å². The number of fused-ring (bicyclic) bond motifs is 2. The van der Waals surface area contributed by atoms with Crippen molar-refractivity contribution in [2.75, 3.05) is 13.2 Å². The summed E-state index contributed by atoms with van der Waals surface area (Å²) in [6, 6.07) is 35.7. The number of ether oxygens (including phenoxy) is 6. The van der Waals surface area contributed by atoms with Gasteiger partial charge in [0.2, 0.25) is 11.5 Å². The summed E-state index contributed by atoms with van der Waals surface area (Å²) < 4.78 is 126. The molecule has 6 aromatic rings. The van der Waals surface area contributed by atoms with Crippen LogP contribution in [0.5, 0.6) is 34.5 Å². The summed E-state index contributed by atoms with van der Waals surface area (Å²) >= 11 is 0. The van der Waals surface area contributed by atoms with E-state index in [4.69, 9.17) is 28.4 Å². The van der Waals surface area contributed by atoms with E-state index in [2.05, 4.69) is 0 Å². The lowest BCUT2D eigenvalue weighted by Crippen LogP contribution is -2.29. The van der Waals surface area contributed by atoms with E-state index in [1.165, 1.54) is 12.1 Å². The van der Waals surface area contributed by atoms with Gasteiger partial charge in [0.1, 0.15) is 0 Å². The van der Waals surface area contributed by atoms with Crippen molar-refractivity contribution in [1.82, 2.24) is 0 Å². The monoisotopic (exact) mass is 802 g/mol. The highest BCUT2D eigenvalue weighted by molar-refractivity contribution is 7.86. The molecule has 56 heavy (non-hydrogen) atoms. The molecule has 0 N–H and O–H groups in total. The summed E-state index contributed by atoms with van der Waals surface area (Å²) in [5, 5.41) is 0.858. The highest BCUT2D eigenvalue weighted by Crippen LogP contribution is 2.62. The van der Waals surface area contributed by atoms with Crippen molar-refractivity contribution in [2.24, 2.45) is 0 Å². The molecular formula is C42H32F4O8P2. The molecule has 2 aliphatic heterocycles. The number of hydrogen-bond donors (Lipinski definition) is 0. The Hall–Kier alpha value is -5.70. The van der Waals surface area contributed by atoms with Crippen LogP contribution in [-0.2, 0) is 9.13 Å². The minimum Gasteiger partial charge on any atom is -0.490 e. The molecule has 2 heterocycles. The molecule has 2 aliphatic rings. The average molecular weight is 803 g/mol. The molecule has 0 fully saturated rings. The maximum Gasteiger partial charge on any atom is 0.586 e. The number of benzene rings is 6. The molecule has 8 rings (SSSR count). The summed E-state index contributed by atoms with van der Waals surface area (Å²) in [5.41, 5.74) is -0.725. The number of halogens is 4. The Bertz CT molecular complexity index is 2440. The standard InChI is InChI=1S/C42H32F4O8P2/c1-3-49-32-26-33(55(47,27-17-9-5-10-18-27)28-19-11-6-12-20-28)35(39-37(32)52-42(45,46)53-39)31-25-34(38(50-4-2)40-36(31)51-41(43,44)54-40)56(48,29-21-13-7-14-22-29)30-23-15-8-16-24-30/h5-26H,3-4H2,1-2H3.